The molecule has 32 heavy (non-hydrogen) atoms. The Balaban J connectivity index is 1.64. The van der Waals surface area contributed by atoms with E-state index >= 15 is 0 Å². The van der Waals surface area contributed by atoms with Crippen LogP contribution >= 0.6 is 11.6 Å². The average Bonchev–Trinajstić information content (AvgIpc) is 2.82. The number of hydrogen-bond acceptors (Lipinski definition) is 3. The topological polar surface area (TPSA) is 42.9 Å². The van der Waals surface area contributed by atoms with Gasteiger partial charge >= 0.3 is 0 Å². The Labute approximate surface area is 191 Å². The summed E-state index contributed by atoms with van der Waals surface area (Å²) in [7, 11) is 0. The van der Waals surface area contributed by atoms with Gasteiger partial charge in [0.1, 0.15) is 0 Å². The molecule has 5 rings (SSSR count). The molecular weight excluding hydrogens is 416 g/mol. The lowest BCUT2D eigenvalue weighted by Gasteiger charge is -2.14. The van der Waals surface area contributed by atoms with Crippen LogP contribution in [0.5, 0.6) is 0 Å². The van der Waals surface area contributed by atoms with Crippen molar-refractivity contribution in [2.75, 3.05) is 0 Å². The molecule has 0 spiro atoms. The fourth-order valence-corrected chi connectivity index (χ4v) is 4.19. The van der Waals surface area contributed by atoms with Gasteiger partial charge in [-0.15, -0.1) is 0 Å². The summed E-state index contributed by atoms with van der Waals surface area (Å²) >= 11 is 6.31. The van der Waals surface area contributed by atoms with E-state index in [0.29, 0.717) is 16.3 Å². The summed E-state index contributed by atoms with van der Waals surface area (Å²) in [6, 6.07) is 25.4. The van der Waals surface area contributed by atoms with Crippen molar-refractivity contribution in [3.05, 3.63) is 113 Å². The van der Waals surface area contributed by atoms with Gasteiger partial charge in [0.05, 0.1) is 16.6 Å². The van der Waals surface area contributed by atoms with E-state index in [1.54, 1.807) is 12.3 Å². The fraction of sp³-hybridized carbons (Fsp3) is 0.0357. The number of ketones is 1. The first-order valence-electron chi connectivity index (χ1n) is 10.3. The van der Waals surface area contributed by atoms with Crippen LogP contribution in [0.4, 0.5) is 0 Å². The summed E-state index contributed by atoms with van der Waals surface area (Å²) in [4.78, 5) is 22.5. The van der Waals surface area contributed by atoms with Crippen LogP contribution in [0.25, 0.3) is 39.0 Å². The number of hydrogen-bond donors (Lipinski definition) is 0. The Morgan fingerprint density at radius 3 is 2.56 bits per heavy atom. The number of carbonyl (C=O) groups excluding carboxylic acids is 1. The van der Waals surface area contributed by atoms with E-state index in [2.05, 4.69) is 4.98 Å². The van der Waals surface area contributed by atoms with Crippen molar-refractivity contribution in [2.45, 2.75) is 6.92 Å². The van der Waals surface area contributed by atoms with Crippen molar-refractivity contribution in [2.24, 2.45) is 0 Å². The molecule has 0 fully saturated rings. The summed E-state index contributed by atoms with van der Waals surface area (Å²) in [6.45, 7) is 1.88. The number of aryl methyl sites for hydroxylation is 1. The molecule has 3 aromatic carbocycles. The minimum absolute atomic E-state index is 0.0954. The highest BCUT2D eigenvalue weighted by Crippen LogP contribution is 2.35. The van der Waals surface area contributed by atoms with E-state index in [1.807, 2.05) is 91.9 Å². The Bertz CT molecular complexity index is 1510. The van der Waals surface area contributed by atoms with Gasteiger partial charge in [-0.2, -0.15) is 0 Å². The molecule has 5 aromatic rings. The Kier molecular flexibility index (Phi) is 5.26. The van der Waals surface area contributed by atoms with E-state index in [-0.39, 0.29) is 5.78 Å². The van der Waals surface area contributed by atoms with Gasteiger partial charge in [0.2, 0.25) is 0 Å². The molecule has 0 unspecified atom stereocenters. The minimum atomic E-state index is -0.0954. The van der Waals surface area contributed by atoms with Crippen LogP contribution in [0.3, 0.4) is 0 Å². The normalized spacial score (nSPS) is 11.4. The number of allylic oxidation sites excluding steroid dienone is 1. The van der Waals surface area contributed by atoms with Gasteiger partial charge < -0.3 is 0 Å². The van der Waals surface area contributed by atoms with E-state index in [4.69, 9.17) is 16.6 Å². The first kappa shape index (κ1) is 20.1. The van der Waals surface area contributed by atoms with Gasteiger partial charge in [0.15, 0.2) is 5.78 Å². The lowest BCUT2D eigenvalue weighted by molar-refractivity contribution is 0.104. The Morgan fingerprint density at radius 2 is 1.72 bits per heavy atom. The standard InChI is InChI=1S/C28H19ClN2O/c1-18-27(26(32)14-10-19-9-12-24-21(16-19)8-5-15-30-24)28(20-6-3-2-4-7-20)23-17-22(29)11-13-25(23)31-18/h2-17H,1H3/b14-10+. The zero-order valence-corrected chi connectivity index (χ0v) is 18.2. The second-order valence-electron chi connectivity index (χ2n) is 7.63. The third-order valence-electron chi connectivity index (χ3n) is 5.49. The highest BCUT2D eigenvalue weighted by molar-refractivity contribution is 6.31. The van der Waals surface area contributed by atoms with Crippen molar-refractivity contribution in [3.8, 4) is 11.1 Å². The SMILES string of the molecule is Cc1nc2ccc(Cl)cc2c(-c2ccccc2)c1C(=O)/C=C/c1ccc2ncccc2c1. The second-order valence-corrected chi connectivity index (χ2v) is 8.06. The molecule has 0 bridgehead atoms. The number of carbonyl (C=O) groups is 1. The molecule has 2 aromatic heterocycles. The van der Waals surface area contributed by atoms with Gasteiger partial charge in [0, 0.05) is 33.2 Å². The number of nitrogens with zero attached hydrogens (tertiary/aromatic N) is 2. The molecular formula is C28H19ClN2O. The molecule has 3 nitrogen and oxygen atoms in total. The molecule has 0 aliphatic rings. The Morgan fingerprint density at radius 1 is 0.906 bits per heavy atom. The number of halogens is 1. The summed E-state index contributed by atoms with van der Waals surface area (Å²) in [5.41, 5.74) is 5.77. The lowest BCUT2D eigenvalue weighted by atomic mass is 9.92. The van der Waals surface area contributed by atoms with Gasteiger partial charge in [0.25, 0.3) is 0 Å². The first-order valence-corrected chi connectivity index (χ1v) is 10.7. The molecule has 4 heteroatoms. The largest absolute Gasteiger partial charge is 0.289 e. The third kappa shape index (κ3) is 3.79. The number of rotatable bonds is 4. The van der Waals surface area contributed by atoms with Crippen LogP contribution in [0.2, 0.25) is 5.02 Å². The molecule has 0 saturated heterocycles. The second kappa shape index (κ2) is 8.37. The van der Waals surface area contributed by atoms with E-state index in [1.165, 1.54) is 0 Å². The molecule has 0 amide bonds. The predicted molar refractivity (Wildman–Crippen MR) is 132 cm³/mol. The van der Waals surface area contributed by atoms with Crippen LogP contribution in [-0.2, 0) is 0 Å². The van der Waals surface area contributed by atoms with Crippen molar-refractivity contribution in [1.82, 2.24) is 9.97 Å². The van der Waals surface area contributed by atoms with Gasteiger partial charge in [-0.25, -0.2) is 0 Å². The predicted octanol–water partition coefficient (Wildman–Crippen LogP) is 7.31. The molecule has 0 saturated carbocycles. The Hall–Kier alpha value is -3.82. The lowest BCUT2D eigenvalue weighted by Crippen LogP contribution is -2.05. The fourth-order valence-electron chi connectivity index (χ4n) is 4.02. The zero-order valence-electron chi connectivity index (χ0n) is 17.4. The van der Waals surface area contributed by atoms with Crippen molar-refractivity contribution in [1.29, 1.82) is 0 Å². The van der Waals surface area contributed by atoms with E-state index in [9.17, 15) is 4.79 Å². The van der Waals surface area contributed by atoms with Gasteiger partial charge in [-0.3, -0.25) is 14.8 Å². The van der Waals surface area contributed by atoms with Gasteiger partial charge in [-0.1, -0.05) is 60.1 Å². The molecule has 0 radical (unpaired) electrons. The summed E-state index contributed by atoms with van der Waals surface area (Å²) in [6.07, 6.45) is 5.23. The van der Waals surface area contributed by atoms with E-state index < -0.39 is 0 Å². The zero-order chi connectivity index (χ0) is 22.1. The number of aromatic nitrogens is 2. The quantitative estimate of drug-likeness (QED) is 0.220. The minimum Gasteiger partial charge on any atom is -0.289 e. The van der Waals surface area contributed by atoms with E-state index in [0.717, 1.165) is 38.5 Å². The maximum Gasteiger partial charge on any atom is 0.188 e. The van der Waals surface area contributed by atoms with Crippen molar-refractivity contribution < 1.29 is 4.79 Å². The summed E-state index contributed by atoms with van der Waals surface area (Å²) < 4.78 is 0. The monoisotopic (exact) mass is 434 g/mol. The highest BCUT2D eigenvalue weighted by Gasteiger charge is 2.19. The molecule has 0 aliphatic carbocycles. The van der Waals surface area contributed by atoms with Crippen molar-refractivity contribution >= 4 is 45.3 Å². The summed E-state index contributed by atoms with van der Waals surface area (Å²) in [5.74, 6) is -0.0954. The van der Waals surface area contributed by atoms with Crippen LogP contribution in [0.1, 0.15) is 21.6 Å². The van der Waals surface area contributed by atoms with Crippen molar-refractivity contribution in [3.63, 3.8) is 0 Å². The highest BCUT2D eigenvalue weighted by atomic mass is 35.5. The molecule has 0 N–H and O–H groups in total. The number of fused-ring (bicyclic) bond motifs is 2. The van der Waals surface area contributed by atoms with Crippen LogP contribution < -0.4 is 0 Å². The molecule has 2 heterocycles. The maximum absolute atomic E-state index is 13.5. The number of pyridine rings is 2. The number of benzene rings is 3. The molecule has 0 aliphatic heterocycles. The van der Waals surface area contributed by atoms with Crippen LogP contribution in [-0.4, -0.2) is 15.8 Å². The average molecular weight is 435 g/mol. The molecule has 0 atom stereocenters. The smallest absolute Gasteiger partial charge is 0.188 e. The van der Waals surface area contributed by atoms with Gasteiger partial charge in [-0.05, 0) is 60.5 Å². The maximum atomic E-state index is 13.5. The van der Waals surface area contributed by atoms with Crippen LogP contribution in [0, 0.1) is 6.92 Å². The summed E-state index contributed by atoms with van der Waals surface area (Å²) in [5, 5.41) is 2.51. The van der Waals surface area contributed by atoms with Crippen LogP contribution in [0.15, 0.2) is 91.1 Å². The molecule has 154 valence electrons. The first-order chi connectivity index (χ1) is 15.6. The third-order valence-corrected chi connectivity index (χ3v) is 5.73.